The lowest BCUT2D eigenvalue weighted by Crippen LogP contribution is -2.04. The Balaban J connectivity index is 2.51. The number of carbonyl (C=O) groups is 1. The maximum atomic E-state index is 11.8. The van der Waals surface area contributed by atoms with Gasteiger partial charge in [0.15, 0.2) is 0 Å². The van der Waals surface area contributed by atoms with E-state index in [1.807, 2.05) is 31.2 Å². The Hall–Kier alpha value is -2.03. The molecule has 0 N–H and O–H groups in total. The highest BCUT2D eigenvalue weighted by Crippen LogP contribution is 2.30. The van der Waals surface area contributed by atoms with Gasteiger partial charge >= 0.3 is 5.97 Å². The molecule has 0 aliphatic carbocycles. The second-order valence-corrected chi connectivity index (χ2v) is 4.84. The predicted molar refractivity (Wildman–Crippen MR) is 80.4 cm³/mol. The Morgan fingerprint density at radius 3 is 2.70 bits per heavy atom. The van der Waals surface area contributed by atoms with Gasteiger partial charge in [0.25, 0.3) is 0 Å². The molecule has 0 aromatic heterocycles. The molecule has 0 atom stereocenters. The average molecular weight is 272 g/mol. The minimum Gasteiger partial charge on any atom is -0.493 e. The number of rotatable bonds is 5. The minimum atomic E-state index is -0.338. The van der Waals surface area contributed by atoms with Crippen molar-refractivity contribution < 1.29 is 14.3 Å². The van der Waals surface area contributed by atoms with Crippen molar-refractivity contribution in [2.45, 2.75) is 26.7 Å². The molecule has 0 heterocycles. The first-order valence-corrected chi connectivity index (χ1v) is 6.92. The highest BCUT2D eigenvalue weighted by atomic mass is 16.5. The fourth-order valence-corrected chi connectivity index (χ4v) is 2.18. The number of hydrogen-bond donors (Lipinski definition) is 0. The van der Waals surface area contributed by atoms with Crippen LogP contribution in [0, 0.1) is 6.92 Å². The summed E-state index contributed by atoms with van der Waals surface area (Å²) in [5, 5.41) is 2.07. The van der Waals surface area contributed by atoms with Gasteiger partial charge in [-0.25, -0.2) is 4.79 Å². The van der Waals surface area contributed by atoms with Crippen molar-refractivity contribution in [3.8, 4) is 5.75 Å². The molecule has 0 unspecified atom stereocenters. The van der Waals surface area contributed by atoms with Gasteiger partial charge in [0.2, 0.25) is 0 Å². The third kappa shape index (κ3) is 2.93. The maximum absolute atomic E-state index is 11.8. The molecular weight excluding hydrogens is 252 g/mol. The first kappa shape index (κ1) is 14.4. The first-order valence-electron chi connectivity index (χ1n) is 6.92. The van der Waals surface area contributed by atoms with Crippen LogP contribution in [-0.4, -0.2) is 19.7 Å². The third-order valence-electron chi connectivity index (χ3n) is 3.35. The second-order valence-electron chi connectivity index (χ2n) is 4.84. The molecule has 3 nitrogen and oxygen atoms in total. The monoisotopic (exact) mass is 272 g/mol. The number of ether oxygens (including phenoxy) is 2. The van der Waals surface area contributed by atoms with Gasteiger partial charge in [0.05, 0.1) is 19.3 Å². The Labute approximate surface area is 119 Å². The molecule has 2 rings (SSSR count). The zero-order chi connectivity index (χ0) is 14.5. The van der Waals surface area contributed by atoms with Crippen LogP contribution in [-0.2, 0) is 4.74 Å². The van der Waals surface area contributed by atoms with Gasteiger partial charge in [-0.2, -0.15) is 0 Å². The molecule has 0 aliphatic rings. The van der Waals surface area contributed by atoms with Crippen LogP contribution in [0.25, 0.3) is 10.8 Å². The molecule has 20 heavy (non-hydrogen) atoms. The molecule has 2 aromatic carbocycles. The van der Waals surface area contributed by atoms with E-state index in [1.165, 1.54) is 7.11 Å². The summed E-state index contributed by atoms with van der Waals surface area (Å²) in [6, 6.07) is 9.68. The first-order chi connectivity index (χ1) is 9.67. The minimum absolute atomic E-state index is 0.338. The second kappa shape index (κ2) is 6.42. The number of fused-ring (bicyclic) bond motifs is 1. The summed E-state index contributed by atoms with van der Waals surface area (Å²) < 4.78 is 10.7. The van der Waals surface area contributed by atoms with E-state index in [9.17, 15) is 4.79 Å². The highest BCUT2D eigenvalue weighted by Gasteiger charge is 2.12. The Morgan fingerprint density at radius 1 is 1.20 bits per heavy atom. The standard InChI is InChI=1S/C17H20O3/c1-4-5-9-20-16-11-13(17(18)19-3)10-15-12(2)7-6-8-14(15)16/h6-8,10-11H,4-5,9H2,1-3H3. The summed E-state index contributed by atoms with van der Waals surface area (Å²) in [6.07, 6.45) is 2.07. The molecule has 0 saturated heterocycles. The summed E-state index contributed by atoms with van der Waals surface area (Å²) in [7, 11) is 1.39. The molecule has 0 saturated carbocycles. The molecule has 0 fully saturated rings. The number of aryl methyl sites for hydroxylation is 1. The number of unbranched alkanes of at least 4 members (excludes halogenated alkanes) is 1. The third-order valence-corrected chi connectivity index (χ3v) is 3.35. The van der Waals surface area contributed by atoms with Gasteiger partial charge in [-0.15, -0.1) is 0 Å². The van der Waals surface area contributed by atoms with E-state index < -0.39 is 0 Å². The van der Waals surface area contributed by atoms with Crippen molar-refractivity contribution in [3.63, 3.8) is 0 Å². The maximum Gasteiger partial charge on any atom is 0.338 e. The number of hydrogen-bond acceptors (Lipinski definition) is 3. The Morgan fingerprint density at radius 2 is 2.00 bits per heavy atom. The lowest BCUT2D eigenvalue weighted by atomic mass is 10.0. The van der Waals surface area contributed by atoms with Gasteiger partial charge < -0.3 is 9.47 Å². The predicted octanol–water partition coefficient (Wildman–Crippen LogP) is 4.11. The van der Waals surface area contributed by atoms with Crippen molar-refractivity contribution >= 4 is 16.7 Å². The Kier molecular flexibility index (Phi) is 4.61. The SMILES string of the molecule is CCCCOc1cc(C(=O)OC)cc2c(C)cccc12. The van der Waals surface area contributed by atoms with Crippen molar-refractivity contribution in [2.75, 3.05) is 13.7 Å². The lowest BCUT2D eigenvalue weighted by Gasteiger charge is -2.12. The van der Waals surface area contributed by atoms with Crippen LogP contribution >= 0.6 is 0 Å². The van der Waals surface area contributed by atoms with Crippen molar-refractivity contribution in [2.24, 2.45) is 0 Å². The van der Waals surface area contributed by atoms with Gasteiger partial charge in [-0.05, 0) is 36.4 Å². The van der Waals surface area contributed by atoms with Crippen LogP contribution in [0.1, 0.15) is 35.7 Å². The summed E-state index contributed by atoms with van der Waals surface area (Å²) in [4.78, 5) is 11.8. The molecule has 0 amide bonds. The average Bonchev–Trinajstić information content (AvgIpc) is 2.47. The van der Waals surface area contributed by atoms with Gasteiger partial charge in [0.1, 0.15) is 5.75 Å². The van der Waals surface area contributed by atoms with E-state index >= 15 is 0 Å². The van der Waals surface area contributed by atoms with Gasteiger partial charge in [-0.1, -0.05) is 31.5 Å². The van der Waals surface area contributed by atoms with E-state index in [-0.39, 0.29) is 5.97 Å². The van der Waals surface area contributed by atoms with Crippen molar-refractivity contribution in [1.29, 1.82) is 0 Å². The molecule has 106 valence electrons. The van der Waals surface area contributed by atoms with E-state index in [0.29, 0.717) is 12.2 Å². The summed E-state index contributed by atoms with van der Waals surface area (Å²) in [5.41, 5.74) is 1.65. The molecular formula is C17H20O3. The van der Waals surface area contributed by atoms with Crippen LogP contribution in [0.2, 0.25) is 0 Å². The van der Waals surface area contributed by atoms with Crippen LogP contribution < -0.4 is 4.74 Å². The van der Waals surface area contributed by atoms with Gasteiger partial charge in [0, 0.05) is 5.39 Å². The number of benzene rings is 2. The molecule has 0 radical (unpaired) electrons. The number of methoxy groups -OCH3 is 1. The number of esters is 1. The largest absolute Gasteiger partial charge is 0.493 e. The lowest BCUT2D eigenvalue weighted by molar-refractivity contribution is 0.0600. The van der Waals surface area contributed by atoms with E-state index in [1.54, 1.807) is 6.07 Å². The fourth-order valence-electron chi connectivity index (χ4n) is 2.18. The molecule has 0 bridgehead atoms. The van der Waals surface area contributed by atoms with Crippen LogP contribution in [0.3, 0.4) is 0 Å². The fraction of sp³-hybridized carbons (Fsp3) is 0.353. The zero-order valence-corrected chi connectivity index (χ0v) is 12.2. The molecule has 0 aliphatic heterocycles. The van der Waals surface area contributed by atoms with E-state index in [2.05, 4.69) is 6.92 Å². The highest BCUT2D eigenvalue weighted by molar-refractivity contribution is 5.99. The van der Waals surface area contributed by atoms with Crippen LogP contribution in [0.5, 0.6) is 5.75 Å². The van der Waals surface area contributed by atoms with E-state index in [0.717, 1.165) is 34.9 Å². The van der Waals surface area contributed by atoms with Crippen LogP contribution in [0.15, 0.2) is 30.3 Å². The molecule has 2 aromatic rings. The molecule has 3 heteroatoms. The zero-order valence-electron chi connectivity index (χ0n) is 12.2. The molecule has 0 spiro atoms. The Bertz CT molecular complexity index is 617. The van der Waals surface area contributed by atoms with E-state index in [4.69, 9.17) is 9.47 Å². The van der Waals surface area contributed by atoms with Crippen molar-refractivity contribution in [1.82, 2.24) is 0 Å². The van der Waals surface area contributed by atoms with Gasteiger partial charge in [-0.3, -0.25) is 0 Å². The topological polar surface area (TPSA) is 35.5 Å². The summed E-state index contributed by atoms with van der Waals surface area (Å²) >= 11 is 0. The quantitative estimate of drug-likeness (QED) is 0.607. The smallest absolute Gasteiger partial charge is 0.338 e. The van der Waals surface area contributed by atoms with Crippen molar-refractivity contribution in [3.05, 3.63) is 41.5 Å². The van der Waals surface area contributed by atoms with Crippen LogP contribution in [0.4, 0.5) is 0 Å². The normalized spacial score (nSPS) is 10.6. The number of carbonyl (C=O) groups excluding carboxylic acids is 1. The summed E-state index contributed by atoms with van der Waals surface area (Å²) in [6.45, 7) is 4.81. The summed E-state index contributed by atoms with van der Waals surface area (Å²) in [5.74, 6) is 0.413.